The third-order valence-corrected chi connectivity index (χ3v) is 0.833. The molecule has 0 unspecified atom stereocenters. The van der Waals surface area contributed by atoms with Crippen LogP contribution in [0.2, 0.25) is 0 Å². The number of hydrogen-bond donors (Lipinski definition) is 0. The maximum Gasteiger partial charge on any atom is 0 e. The minimum Gasteiger partial charge on any atom is -0.346 e. The smallest absolute Gasteiger partial charge is 0 e. The summed E-state index contributed by atoms with van der Waals surface area (Å²) in [5, 5.41) is 0. The molecule has 0 rings (SSSR count). The van der Waals surface area contributed by atoms with Gasteiger partial charge in [0.25, 0.3) is 0 Å². The maximum atomic E-state index is 3.56. The first-order valence-electron chi connectivity index (χ1n) is 4.21. The van der Waals surface area contributed by atoms with E-state index in [1.807, 2.05) is 25.0 Å². The van der Waals surface area contributed by atoms with Crippen LogP contribution in [-0.2, 0) is 65.4 Å². The summed E-state index contributed by atoms with van der Waals surface area (Å²) in [6, 6.07) is 0. The minimum atomic E-state index is 0. The van der Waals surface area contributed by atoms with Crippen LogP contribution in [0.3, 0.4) is 0 Å². The van der Waals surface area contributed by atoms with Gasteiger partial charge < -0.3 is 13.8 Å². The van der Waals surface area contributed by atoms with Crippen molar-refractivity contribution in [2.45, 2.75) is 26.7 Å². The first-order chi connectivity index (χ1) is 5.91. The molecule has 2 radical (unpaired) electrons. The molecule has 0 saturated heterocycles. The van der Waals surface area contributed by atoms with Crippen molar-refractivity contribution >= 4 is 0 Å². The van der Waals surface area contributed by atoms with Crippen LogP contribution in [0.4, 0.5) is 0 Å². The van der Waals surface area contributed by atoms with E-state index >= 15 is 0 Å². The molecule has 14 heavy (non-hydrogen) atoms. The number of unbranched alkanes of at least 4 members (excludes halogenated alkanes) is 3. The SMILES string of the molecule is C=C[CH-]CC[CH-]C=C.[CH2-]C.[CH2-]C.[Y].[Y]. The van der Waals surface area contributed by atoms with Crippen molar-refractivity contribution in [1.82, 2.24) is 0 Å². The molecule has 0 heterocycles. The molecule has 2 heteroatoms. The summed E-state index contributed by atoms with van der Waals surface area (Å²) in [5.41, 5.74) is 0. The zero-order valence-electron chi connectivity index (χ0n) is 9.71. The topological polar surface area (TPSA) is 0 Å². The molecule has 0 bridgehead atoms. The van der Waals surface area contributed by atoms with Gasteiger partial charge >= 0.3 is 0 Å². The van der Waals surface area contributed by atoms with E-state index in [1.54, 1.807) is 13.8 Å². The molecule has 80 valence electrons. The number of allylic oxidation sites excluding steroid dienone is 2. The first-order valence-corrected chi connectivity index (χ1v) is 4.21. The molecular formula is C12H22Y2-4. The zero-order chi connectivity index (χ0) is 10.2. The molecule has 0 amide bonds. The van der Waals surface area contributed by atoms with Crippen molar-refractivity contribution in [2.24, 2.45) is 0 Å². The predicted octanol–water partition coefficient (Wildman–Crippen LogP) is 4.22. The third-order valence-electron chi connectivity index (χ3n) is 0.833. The van der Waals surface area contributed by atoms with Crippen molar-refractivity contribution in [3.63, 3.8) is 0 Å². The fourth-order valence-corrected chi connectivity index (χ4v) is 0.428. The Balaban J connectivity index is -0.0000000400. The molecule has 0 aliphatic heterocycles. The van der Waals surface area contributed by atoms with E-state index in [1.165, 1.54) is 0 Å². The van der Waals surface area contributed by atoms with E-state index in [0.717, 1.165) is 12.8 Å². The number of rotatable bonds is 5. The maximum absolute atomic E-state index is 3.56. The molecule has 0 N–H and O–H groups in total. The molecule has 0 atom stereocenters. The van der Waals surface area contributed by atoms with Crippen LogP contribution in [-0.4, -0.2) is 0 Å². The van der Waals surface area contributed by atoms with E-state index in [-0.39, 0.29) is 65.4 Å². The van der Waals surface area contributed by atoms with Gasteiger partial charge in [0.05, 0.1) is 0 Å². The molecule has 0 spiro atoms. The molecule has 0 nitrogen and oxygen atoms in total. The van der Waals surface area contributed by atoms with Gasteiger partial charge in [-0.2, -0.15) is 13.8 Å². The molecule has 0 saturated carbocycles. The summed E-state index contributed by atoms with van der Waals surface area (Å²) in [6.07, 6.45) is 9.87. The molecule has 0 fully saturated rings. The van der Waals surface area contributed by atoms with Crippen LogP contribution in [0.25, 0.3) is 0 Å². The van der Waals surface area contributed by atoms with Gasteiger partial charge in [-0.25, -0.2) is 38.2 Å². The Morgan fingerprint density at radius 1 is 0.857 bits per heavy atom. The van der Waals surface area contributed by atoms with Crippen molar-refractivity contribution in [2.75, 3.05) is 0 Å². The molecule has 0 aliphatic rings. The Morgan fingerprint density at radius 3 is 1.21 bits per heavy atom. The second kappa shape index (κ2) is 47.2. The van der Waals surface area contributed by atoms with E-state index in [2.05, 4.69) is 27.0 Å². The van der Waals surface area contributed by atoms with Crippen molar-refractivity contribution in [1.29, 1.82) is 0 Å². The molecule has 0 aromatic heterocycles. The van der Waals surface area contributed by atoms with E-state index in [9.17, 15) is 0 Å². The Kier molecular flexibility index (Phi) is 99.5. The standard InChI is InChI=1S/C8H12.2C2H5.2Y/c1-3-5-7-8-6-4-2;2*1-2;;/h3-6H,1-2,7-8H2;2*1H2,2H3;;/q-2;2*-1;;. The van der Waals surface area contributed by atoms with Crippen LogP contribution < -0.4 is 0 Å². The quantitative estimate of drug-likeness (QED) is 0.517. The summed E-state index contributed by atoms with van der Waals surface area (Å²) in [5.74, 6) is 0. The number of hydrogen-bond acceptors (Lipinski definition) is 0. The fourth-order valence-electron chi connectivity index (χ4n) is 0.428. The normalized spacial score (nSPS) is 5.14. The van der Waals surface area contributed by atoms with Crippen LogP contribution in [0.1, 0.15) is 26.7 Å². The molecule has 0 aliphatic carbocycles. The summed E-state index contributed by atoms with van der Waals surface area (Å²) in [6.45, 7) is 17.1. The molecular weight excluding hydrogens is 322 g/mol. The molecule has 0 aromatic rings. The second-order valence-electron chi connectivity index (χ2n) is 1.52. The largest absolute Gasteiger partial charge is 0.346 e. The van der Waals surface area contributed by atoms with Gasteiger partial charge in [-0.05, 0) is 0 Å². The van der Waals surface area contributed by atoms with Crippen molar-refractivity contribution in [3.05, 3.63) is 52.0 Å². The van der Waals surface area contributed by atoms with Gasteiger partial charge in [0.1, 0.15) is 0 Å². The summed E-state index contributed by atoms with van der Waals surface area (Å²) >= 11 is 0. The average molecular weight is 344 g/mol. The summed E-state index contributed by atoms with van der Waals surface area (Å²) < 4.78 is 0. The molecule has 0 aromatic carbocycles. The minimum absolute atomic E-state index is 0. The van der Waals surface area contributed by atoms with Crippen LogP contribution >= 0.6 is 0 Å². The van der Waals surface area contributed by atoms with Crippen molar-refractivity contribution < 1.29 is 65.4 Å². The Bertz CT molecular complexity index is 60.7. The fraction of sp³-hybridized carbons (Fsp3) is 0.333. The second-order valence-corrected chi connectivity index (χ2v) is 1.52. The Morgan fingerprint density at radius 2 is 1.07 bits per heavy atom. The van der Waals surface area contributed by atoms with E-state index < -0.39 is 0 Å². The summed E-state index contributed by atoms with van der Waals surface area (Å²) in [7, 11) is 0. The van der Waals surface area contributed by atoms with E-state index in [4.69, 9.17) is 0 Å². The van der Waals surface area contributed by atoms with Gasteiger partial charge in [0, 0.05) is 65.4 Å². The van der Waals surface area contributed by atoms with Crippen molar-refractivity contribution in [3.8, 4) is 0 Å². The van der Waals surface area contributed by atoms with Gasteiger partial charge in [-0.3, -0.25) is 0 Å². The summed E-state index contributed by atoms with van der Waals surface area (Å²) in [4.78, 5) is 0. The van der Waals surface area contributed by atoms with Gasteiger partial charge in [-0.1, -0.05) is 0 Å². The van der Waals surface area contributed by atoms with Crippen LogP contribution in [0, 0.1) is 26.7 Å². The Hall–Kier alpha value is 1.43. The van der Waals surface area contributed by atoms with Gasteiger partial charge in [-0.15, -0.1) is 12.8 Å². The monoisotopic (exact) mass is 344 g/mol. The predicted molar refractivity (Wildman–Crippen MR) is 60.3 cm³/mol. The zero-order valence-corrected chi connectivity index (χ0v) is 15.4. The van der Waals surface area contributed by atoms with Gasteiger partial charge in [0.2, 0.25) is 0 Å². The van der Waals surface area contributed by atoms with E-state index in [0.29, 0.717) is 0 Å². The van der Waals surface area contributed by atoms with Crippen LogP contribution in [0.5, 0.6) is 0 Å². The van der Waals surface area contributed by atoms with Gasteiger partial charge in [0.15, 0.2) is 0 Å². The Labute approximate surface area is 142 Å². The third kappa shape index (κ3) is 50.2. The average Bonchev–Trinajstić information content (AvgIpc) is 2.19. The first kappa shape index (κ1) is 29.5. The van der Waals surface area contributed by atoms with Crippen LogP contribution in [0.15, 0.2) is 25.3 Å².